The van der Waals surface area contributed by atoms with Gasteiger partial charge in [0.15, 0.2) is 0 Å². The van der Waals surface area contributed by atoms with Crippen molar-refractivity contribution in [3.63, 3.8) is 0 Å². The first kappa shape index (κ1) is 11.7. The molecule has 0 aromatic heterocycles. The number of thioether (sulfide) groups is 1. The molecule has 0 saturated carbocycles. The molecule has 0 fully saturated rings. The van der Waals surface area contributed by atoms with Crippen molar-refractivity contribution < 1.29 is 0 Å². The van der Waals surface area contributed by atoms with Crippen LogP contribution in [0.2, 0.25) is 0 Å². The van der Waals surface area contributed by atoms with E-state index in [-0.39, 0.29) is 0 Å². The van der Waals surface area contributed by atoms with Crippen molar-refractivity contribution in [3.8, 4) is 0 Å². The highest BCUT2D eigenvalue weighted by molar-refractivity contribution is 8.02. The van der Waals surface area contributed by atoms with Crippen LogP contribution >= 0.6 is 23.7 Å². The van der Waals surface area contributed by atoms with Crippen molar-refractivity contribution in [2.45, 2.75) is 19.1 Å². The van der Waals surface area contributed by atoms with Gasteiger partial charge < -0.3 is 4.72 Å². The largest absolute Gasteiger partial charge is 0.328 e. The minimum atomic E-state index is 0.606. The van der Waals surface area contributed by atoms with Crippen molar-refractivity contribution in [2.24, 2.45) is 4.99 Å². The Hall–Kier alpha value is -0.350. The third-order valence-corrected chi connectivity index (χ3v) is 4.18. The van der Waals surface area contributed by atoms with Gasteiger partial charge in [-0.1, -0.05) is 13.5 Å². The molecular formula is C10H16N2S2. The molecule has 0 radical (unpaired) electrons. The Morgan fingerprint density at radius 2 is 2.50 bits per heavy atom. The third kappa shape index (κ3) is 4.24. The molecule has 1 N–H and O–H groups in total. The zero-order valence-electron chi connectivity index (χ0n) is 8.62. The zero-order valence-corrected chi connectivity index (χ0v) is 10.3. The molecule has 1 rings (SSSR count). The van der Waals surface area contributed by atoms with Gasteiger partial charge >= 0.3 is 0 Å². The highest BCUT2D eigenvalue weighted by Gasteiger charge is 2.05. The lowest BCUT2D eigenvalue weighted by atomic mass is 10.4. The maximum absolute atomic E-state index is 4.35. The summed E-state index contributed by atoms with van der Waals surface area (Å²) in [5.41, 5.74) is 2.14. The molecule has 0 saturated heterocycles. The van der Waals surface area contributed by atoms with Gasteiger partial charge in [0, 0.05) is 22.5 Å². The molecule has 4 heteroatoms. The molecule has 0 spiro atoms. The van der Waals surface area contributed by atoms with Crippen molar-refractivity contribution in [1.82, 2.24) is 4.72 Å². The van der Waals surface area contributed by atoms with Gasteiger partial charge in [0.25, 0.3) is 0 Å². The second-order valence-electron chi connectivity index (χ2n) is 3.20. The third-order valence-electron chi connectivity index (χ3n) is 1.69. The topological polar surface area (TPSA) is 24.4 Å². The molecule has 0 bridgehead atoms. The Bertz CT molecular complexity index is 259. The number of aliphatic imine (C=N–C) groups is 1. The van der Waals surface area contributed by atoms with E-state index >= 15 is 0 Å². The van der Waals surface area contributed by atoms with Gasteiger partial charge in [-0.2, -0.15) is 11.8 Å². The molecule has 1 unspecified atom stereocenters. The van der Waals surface area contributed by atoms with Gasteiger partial charge in [0.05, 0.1) is 11.9 Å². The lowest BCUT2D eigenvalue weighted by Gasteiger charge is -2.13. The molecule has 0 aromatic carbocycles. The van der Waals surface area contributed by atoms with E-state index < -0.39 is 0 Å². The molecule has 1 aliphatic heterocycles. The zero-order chi connectivity index (χ0) is 10.4. The van der Waals surface area contributed by atoms with Crippen LogP contribution in [0.1, 0.15) is 13.8 Å². The summed E-state index contributed by atoms with van der Waals surface area (Å²) in [6, 6.07) is 0. The van der Waals surface area contributed by atoms with E-state index in [0.29, 0.717) is 5.25 Å². The number of nitrogens with one attached hydrogen (secondary N) is 1. The standard InChI is InChI=1S/C10H16N2S2/c1-4-10-5-11-8(2)6-13-7-9(3)14-12-10/h4-5,9,12H,1,6-7H2,2-3H3/b10-5-,11-8+. The van der Waals surface area contributed by atoms with Crippen LogP contribution in [0.5, 0.6) is 0 Å². The van der Waals surface area contributed by atoms with Crippen LogP contribution in [0.3, 0.4) is 0 Å². The summed E-state index contributed by atoms with van der Waals surface area (Å²) in [4.78, 5) is 4.35. The lowest BCUT2D eigenvalue weighted by Crippen LogP contribution is -2.12. The molecule has 1 atom stereocenters. The monoisotopic (exact) mass is 228 g/mol. The van der Waals surface area contributed by atoms with E-state index in [2.05, 4.69) is 30.1 Å². The summed E-state index contributed by atoms with van der Waals surface area (Å²) in [5.74, 6) is 2.17. The second kappa shape index (κ2) is 6.19. The fourth-order valence-electron chi connectivity index (χ4n) is 0.913. The van der Waals surface area contributed by atoms with E-state index in [4.69, 9.17) is 0 Å². The van der Waals surface area contributed by atoms with E-state index in [0.717, 1.165) is 22.9 Å². The first-order valence-electron chi connectivity index (χ1n) is 4.57. The first-order chi connectivity index (χ1) is 6.72. The van der Waals surface area contributed by atoms with Gasteiger partial charge in [-0.15, -0.1) is 0 Å². The molecule has 1 heterocycles. The highest BCUT2D eigenvalue weighted by atomic mass is 32.2. The van der Waals surface area contributed by atoms with Crippen LogP contribution in [0.4, 0.5) is 0 Å². The Morgan fingerprint density at radius 3 is 3.21 bits per heavy atom. The van der Waals surface area contributed by atoms with Crippen molar-refractivity contribution in [1.29, 1.82) is 0 Å². The number of nitrogens with zero attached hydrogens (tertiary/aromatic N) is 1. The number of allylic oxidation sites excluding steroid dienone is 1. The SMILES string of the molecule is C=C/C1=C/N=C(\C)CSCC(C)SN1. The summed E-state index contributed by atoms with van der Waals surface area (Å²) in [6.45, 7) is 8.02. The maximum Gasteiger partial charge on any atom is 0.0619 e. The number of hydrogen-bond acceptors (Lipinski definition) is 4. The van der Waals surface area contributed by atoms with Crippen molar-refractivity contribution in [3.05, 3.63) is 24.6 Å². The molecule has 78 valence electrons. The van der Waals surface area contributed by atoms with E-state index in [1.54, 1.807) is 18.0 Å². The fraction of sp³-hybridized carbons (Fsp3) is 0.500. The second-order valence-corrected chi connectivity index (χ2v) is 5.47. The highest BCUT2D eigenvalue weighted by Crippen LogP contribution is 2.16. The number of hydrogen-bond donors (Lipinski definition) is 1. The predicted octanol–water partition coefficient (Wildman–Crippen LogP) is 2.85. The maximum atomic E-state index is 4.35. The molecular weight excluding hydrogens is 212 g/mol. The summed E-state index contributed by atoms with van der Waals surface area (Å²) in [5, 5.41) is 0.606. The molecule has 2 nitrogen and oxygen atoms in total. The van der Waals surface area contributed by atoms with Gasteiger partial charge in [-0.25, -0.2) is 0 Å². The predicted molar refractivity (Wildman–Crippen MR) is 68.9 cm³/mol. The first-order valence-corrected chi connectivity index (χ1v) is 6.61. The molecule has 0 aromatic rings. The Kier molecular flexibility index (Phi) is 5.19. The summed E-state index contributed by atoms with van der Waals surface area (Å²) in [6.07, 6.45) is 3.64. The smallest absolute Gasteiger partial charge is 0.0619 e. The summed E-state index contributed by atoms with van der Waals surface area (Å²) < 4.78 is 3.25. The summed E-state index contributed by atoms with van der Waals surface area (Å²) in [7, 11) is 0. The quantitative estimate of drug-likeness (QED) is 0.698. The van der Waals surface area contributed by atoms with Gasteiger partial charge in [-0.05, 0) is 24.9 Å². The summed E-state index contributed by atoms with van der Waals surface area (Å²) >= 11 is 3.66. The van der Waals surface area contributed by atoms with E-state index in [1.165, 1.54) is 0 Å². The fourth-order valence-corrected chi connectivity index (χ4v) is 2.77. The van der Waals surface area contributed by atoms with Crippen LogP contribution < -0.4 is 4.72 Å². The van der Waals surface area contributed by atoms with E-state index in [1.807, 2.05) is 18.0 Å². The van der Waals surface area contributed by atoms with Crippen LogP contribution in [-0.4, -0.2) is 22.5 Å². The van der Waals surface area contributed by atoms with Crippen LogP contribution in [0.15, 0.2) is 29.5 Å². The lowest BCUT2D eigenvalue weighted by molar-refractivity contribution is 1.10. The van der Waals surface area contributed by atoms with Crippen molar-refractivity contribution in [2.75, 3.05) is 11.5 Å². The van der Waals surface area contributed by atoms with Gasteiger partial charge in [-0.3, -0.25) is 4.99 Å². The normalized spacial score (nSPS) is 31.7. The van der Waals surface area contributed by atoms with Gasteiger partial charge in [0.2, 0.25) is 0 Å². The average Bonchev–Trinajstić information content (AvgIpc) is 2.18. The minimum Gasteiger partial charge on any atom is -0.328 e. The minimum absolute atomic E-state index is 0.606. The van der Waals surface area contributed by atoms with Crippen LogP contribution in [0, 0.1) is 0 Å². The van der Waals surface area contributed by atoms with Crippen molar-refractivity contribution >= 4 is 29.4 Å². The van der Waals surface area contributed by atoms with E-state index in [9.17, 15) is 0 Å². The Morgan fingerprint density at radius 1 is 1.71 bits per heavy atom. The Balaban J connectivity index is 2.69. The molecule has 1 aliphatic rings. The molecule has 14 heavy (non-hydrogen) atoms. The Labute approximate surface area is 94.5 Å². The van der Waals surface area contributed by atoms with Crippen LogP contribution in [-0.2, 0) is 0 Å². The molecule has 0 amide bonds. The van der Waals surface area contributed by atoms with Gasteiger partial charge in [0.1, 0.15) is 0 Å². The molecule has 0 aliphatic carbocycles. The number of rotatable bonds is 1. The van der Waals surface area contributed by atoms with Crippen LogP contribution in [0.25, 0.3) is 0 Å². The average molecular weight is 228 g/mol.